The van der Waals surface area contributed by atoms with Crippen molar-refractivity contribution in [1.29, 1.82) is 0 Å². The third kappa shape index (κ3) is 14.8. The van der Waals surface area contributed by atoms with Crippen molar-refractivity contribution in [2.75, 3.05) is 0 Å². The molecule has 0 unspecified atom stereocenters. The first-order valence-electron chi connectivity index (χ1n) is 19.0. The van der Waals surface area contributed by atoms with E-state index in [2.05, 4.69) is 26.8 Å². The first kappa shape index (κ1) is 38.8. The van der Waals surface area contributed by atoms with Crippen molar-refractivity contribution < 1.29 is 13.0 Å². The fraction of sp³-hybridized carbons (Fsp3) is 0.750. The number of benzene rings is 2. The van der Waals surface area contributed by atoms with Crippen LogP contribution in [0.4, 0.5) is 0 Å². The lowest BCUT2D eigenvalue weighted by Gasteiger charge is -2.22. The summed E-state index contributed by atoms with van der Waals surface area (Å²) in [5.74, 6) is 0. The molecule has 0 fully saturated rings. The lowest BCUT2D eigenvalue weighted by Crippen LogP contribution is -2.12. The normalized spacial score (nSPS) is 12.0. The molecule has 0 radical (unpaired) electrons. The van der Waals surface area contributed by atoms with Crippen LogP contribution in [0.15, 0.2) is 29.2 Å². The maximum absolute atomic E-state index is 13.0. The number of unbranched alkanes of at least 4 members (excludes halogenated alkanes) is 21. The molecule has 44 heavy (non-hydrogen) atoms. The Labute approximate surface area is 273 Å². The molecule has 252 valence electrons. The van der Waals surface area contributed by atoms with E-state index in [1.807, 2.05) is 18.2 Å². The van der Waals surface area contributed by atoms with Crippen LogP contribution in [0, 0.1) is 0 Å². The van der Waals surface area contributed by atoms with Gasteiger partial charge in [0.05, 0.1) is 0 Å². The number of hydrogen-bond acceptors (Lipinski definition) is 2. The zero-order valence-electron chi connectivity index (χ0n) is 29.1. The van der Waals surface area contributed by atoms with E-state index in [-0.39, 0.29) is 4.90 Å². The van der Waals surface area contributed by atoms with Crippen LogP contribution in [-0.4, -0.2) is 13.0 Å². The lowest BCUT2D eigenvalue weighted by atomic mass is 9.86. The van der Waals surface area contributed by atoms with E-state index in [4.69, 9.17) is 0 Å². The van der Waals surface area contributed by atoms with Gasteiger partial charge >= 0.3 is 0 Å². The van der Waals surface area contributed by atoms with Gasteiger partial charge in [-0.1, -0.05) is 180 Å². The van der Waals surface area contributed by atoms with Gasteiger partial charge in [0.1, 0.15) is 4.90 Å². The molecular weight excluding hydrogens is 561 g/mol. The van der Waals surface area contributed by atoms with Gasteiger partial charge in [0.2, 0.25) is 0 Å². The maximum atomic E-state index is 13.0. The minimum atomic E-state index is -4.34. The maximum Gasteiger partial charge on any atom is 0.295 e. The Kier molecular flexibility index (Phi) is 21.1. The Balaban J connectivity index is 2.26. The van der Waals surface area contributed by atoms with Crippen LogP contribution in [0.25, 0.3) is 10.8 Å². The summed E-state index contributed by atoms with van der Waals surface area (Å²) < 4.78 is 36.6. The molecule has 0 aliphatic carbocycles. The summed E-state index contributed by atoms with van der Waals surface area (Å²) in [6.07, 6.45) is 32.9. The second-order valence-electron chi connectivity index (χ2n) is 13.5. The largest absolute Gasteiger partial charge is 0.295 e. The molecule has 0 atom stereocenters. The fourth-order valence-electron chi connectivity index (χ4n) is 7.04. The SMILES string of the molecule is CCCCCCCCCCCCc1c(CCCCCCCCC)c(CCCCCCCCC)c(S(=O)(=O)O)c2ccccc12. The number of fused-ring (bicyclic) bond motifs is 1. The van der Waals surface area contributed by atoms with E-state index in [9.17, 15) is 13.0 Å². The van der Waals surface area contributed by atoms with Crippen LogP contribution in [-0.2, 0) is 29.4 Å². The van der Waals surface area contributed by atoms with Crippen molar-refractivity contribution in [2.45, 2.75) is 199 Å². The highest BCUT2D eigenvalue weighted by Crippen LogP contribution is 2.37. The minimum absolute atomic E-state index is 0.198. The highest BCUT2D eigenvalue weighted by atomic mass is 32.2. The second kappa shape index (κ2) is 23.9. The van der Waals surface area contributed by atoms with Crippen LogP contribution < -0.4 is 0 Å². The van der Waals surface area contributed by atoms with Gasteiger partial charge in [-0.3, -0.25) is 4.55 Å². The standard InChI is InChI=1S/C40H68O3S/c1-4-7-10-13-16-17-18-21-23-25-30-35-36(31-26-22-19-14-11-8-5-2)38(33-27-24-20-15-12-9-6-3)40(44(41,42)43)39-34-29-28-32-37(35)39/h28-29,32,34H,4-27,30-31,33H2,1-3H3,(H,41,42,43). The highest BCUT2D eigenvalue weighted by Gasteiger charge is 2.25. The Morgan fingerprint density at radius 1 is 0.432 bits per heavy atom. The zero-order valence-corrected chi connectivity index (χ0v) is 29.9. The summed E-state index contributed by atoms with van der Waals surface area (Å²) in [6.45, 7) is 6.78. The lowest BCUT2D eigenvalue weighted by molar-refractivity contribution is 0.482. The molecule has 0 saturated heterocycles. The van der Waals surface area contributed by atoms with E-state index in [0.717, 1.165) is 61.3 Å². The second-order valence-corrected chi connectivity index (χ2v) is 14.8. The van der Waals surface area contributed by atoms with Crippen LogP contribution in [0.5, 0.6) is 0 Å². The summed E-state index contributed by atoms with van der Waals surface area (Å²) >= 11 is 0. The molecule has 3 nitrogen and oxygen atoms in total. The fourth-order valence-corrected chi connectivity index (χ4v) is 8.03. The van der Waals surface area contributed by atoms with Crippen molar-refractivity contribution in [2.24, 2.45) is 0 Å². The molecule has 0 aliphatic heterocycles. The van der Waals surface area contributed by atoms with Gasteiger partial charge in [-0.05, 0) is 60.6 Å². The Hall–Kier alpha value is -1.39. The average Bonchev–Trinajstić information content (AvgIpc) is 3.00. The Bertz CT molecular complexity index is 1120. The van der Waals surface area contributed by atoms with E-state index < -0.39 is 10.1 Å². The van der Waals surface area contributed by atoms with Crippen LogP contribution in [0.3, 0.4) is 0 Å². The summed E-state index contributed by atoms with van der Waals surface area (Å²) in [5.41, 5.74) is 3.52. The Morgan fingerprint density at radius 2 is 0.750 bits per heavy atom. The Morgan fingerprint density at radius 3 is 1.14 bits per heavy atom. The average molecular weight is 629 g/mol. The van der Waals surface area contributed by atoms with Gasteiger partial charge in [-0.25, -0.2) is 0 Å². The van der Waals surface area contributed by atoms with Crippen LogP contribution in [0.1, 0.15) is 192 Å². The molecule has 4 heteroatoms. The summed E-state index contributed by atoms with van der Waals surface area (Å²) in [4.78, 5) is 0.198. The predicted octanol–water partition coefficient (Wildman–Crippen LogP) is 13.1. The van der Waals surface area contributed by atoms with Crippen LogP contribution in [0.2, 0.25) is 0 Å². The third-order valence-corrected chi connectivity index (χ3v) is 10.6. The summed E-state index contributed by atoms with van der Waals surface area (Å²) in [6, 6.07) is 7.98. The first-order chi connectivity index (χ1) is 21.5. The van der Waals surface area contributed by atoms with Gasteiger partial charge < -0.3 is 0 Å². The van der Waals surface area contributed by atoms with Gasteiger partial charge in [-0.15, -0.1) is 0 Å². The smallest absolute Gasteiger partial charge is 0.282 e. The van der Waals surface area contributed by atoms with Gasteiger partial charge in [0.25, 0.3) is 10.1 Å². The molecule has 0 spiro atoms. The van der Waals surface area contributed by atoms with E-state index in [0.29, 0.717) is 0 Å². The van der Waals surface area contributed by atoms with Crippen LogP contribution >= 0.6 is 0 Å². The predicted molar refractivity (Wildman–Crippen MR) is 193 cm³/mol. The van der Waals surface area contributed by atoms with E-state index in [1.165, 1.54) is 140 Å². The topological polar surface area (TPSA) is 54.4 Å². The van der Waals surface area contributed by atoms with Gasteiger partial charge in [0.15, 0.2) is 0 Å². The van der Waals surface area contributed by atoms with Gasteiger partial charge in [-0.2, -0.15) is 8.42 Å². The summed E-state index contributed by atoms with van der Waals surface area (Å²) in [5, 5.41) is 1.76. The zero-order chi connectivity index (χ0) is 31.9. The molecule has 2 aromatic rings. The molecule has 1 N–H and O–H groups in total. The van der Waals surface area contributed by atoms with E-state index in [1.54, 1.807) is 0 Å². The van der Waals surface area contributed by atoms with Crippen molar-refractivity contribution in [3.63, 3.8) is 0 Å². The first-order valence-corrected chi connectivity index (χ1v) is 20.4. The summed E-state index contributed by atoms with van der Waals surface area (Å²) in [7, 11) is -4.34. The van der Waals surface area contributed by atoms with Gasteiger partial charge in [0, 0.05) is 5.39 Å². The molecule has 2 aromatic carbocycles. The van der Waals surface area contributed by atoms with Crippen molar-refractivity contribution >= 4 is 20.9 Å². The monoisotopic (exact) mass is 628 g/mol. The number of hydrogen-bond donors (Lipinski definition) is 1. The molecule has 0 bridgehead atoms. The van der Waals surface area contributed by atoms with Crippen molar-refractivity contribution in [1.82, 2.24) is 0 Å². The molecule has 0 saturated carbocycles. The molecule has 0 amide bonds. The molecule has 0 aliphatic rings. The van der Waals surface area contributed by atoms with E-state index >= 15 is 0 Å². The highest BCUT2D eigenvalue weighted by molar-refractivity contribution is 7.86. The van der Waals surface area contributed by atoms with Crippen molar-refractivity contribution in [3.05, 3.63) is 41.0 Å². The number of rotatable bonds is 28. The third-order valence-electron chi connectivity index (χ3n) is 9.60. The molecule has 0 heterocycles. The molecule has 0 aromatic heterocycles. The number of aryl methyl sites for hydroxylation is 1. The molecular formula is C40H68O3S. The quantitative estimate of drug-likeness (QED) is 0.0753. The van der Waals surface area contributed by atoms with Crippen molar-refractivity contribution in [3.8, 4) is 0 Å². The molecule has 2 rings (SSSR count). The minimum Gasteiger partial charge on any atom is -0.282 e.